The van der Waals surface area contributed by atoms with Gasteiger partial charge in [0.25, 0.3) is 5.69 Å². The van der Waals surface area contributed by atoms with E-state index >= 15 is 0 Å². The monoisotopic (exact) mass is 793 g/mol. The highest BCUT2D eigenvalue weighted by Crippen LogP contribution is 2.23. The number of non-ortho nitro benzene ring substituents is 1. The van der Waals surface area contributed by atoms with Gasteiger partial charge in [-0.05, 0) is 94.0 Å². The van der Waals surface area contributed by atoms with Crippen molar-refractivity contribution in [2.24, 2.45) is 0 Å². The number of para-hydroxylation sites is 3. The van der Waals surface area contributed by atoms with Gasteiger partial charge in [0.2, 0.25) is 17.7 Å². The Morgan fingerprint density at radius 3 is 1.50 bits per heavy atom. The third kappa shape index (κ3) is 20.9. The second-order valence-corrected chi connectivity index (χ2v) is 14.1. The third-order valence-corrected chi connectivity index (χ3v) is 9.08. The van der Waals surface area contributed by atoms with E-state index in [1.807, 2.05) is 95.9 Å². The van der Waals surface area contributed by atoms with Crippen LogP contribution >= 0.6 is 0 Å². The molecule has 0 spiro atoms. The van der Waals surface area contributed by atoms with Crippen LogP contribution in [-0.4, -0.2) is 41.5 Å². The summed E-state index contributed by atoms with van der Waals surface area (Å²) in [5, 5.41) is 13.3. The van der Waals surface area contributed by atoms with Crippen LogP contribution in [0.4, 0.5) is 28.4 Å². The molecular weight excluding hydrogens is 731 g/mol. The Morgan fingerprint density at radius 1 is 0.638 bits per heavy atom. The van der Waals surface area contributed by atoms with E-state index in [2.05, 4.69) is 19.2 Å². The van der Waals surface area contributed by atoms with Gasteiger partial charge in [-0.3, -0.25) is 24.5 Å². The van der Waals surface area contributed by atoms with Gasteiger partial charge >= 0.3 is 0 Å². The number of nitrogens with zero attached hydrogens (tertiary/aromatic N) is 3. The van der Waals surface area contributed by atoms with Crippen LogP contribution in [0.25, 0.3) is 0 Å². The number of Topliss-reactive ketones (excluding diaryl/α,β-unsaturated/α-hetero) is 1. The fraction of sp³-hybridized carbons (Fsp3) is 0.404. The Kier molecular flexibility index (Phi) is 24.5. The van der Waals surface area contributed by atoms with Crippen LogP contribution in [0, 0.1) is 10.1 Å². The highest BCUT2D eigenvalue weighted by Gasteiger charge is 2.20. The molecule has 0 radical (unpaired) electrons. The van der Waals surface area contributed by atoms with Crippen LogP contribution < -0.4 is 20.9 Å². The van der Waals surface area contributed by atoms with Gasteiger partial charge in [0.15, 0.2) is 0 Å². The minimum Gasteiger partial charge on any atom is -0.399 e. The number of nitrogens with one attached hydrogen (secondary N) is 1. The fourth-order valence-corrected chi connectivity index (χ4v) is 5.88. The van der Waals surface area contributed by atoms with E-state index in [4.69, 9.17) is 5.73 Å². The molecule has 2 fully saturated rings. The van der Waals surface area contributed by atoms with Crippen molar-refractivity contribution in [1.82, 2.24) is 0 Å². The van der Waals surface area contributed by atoms with Crippen LogP contribution in [0.15, 0.2) is 115 Å². The van der Waals surface area contributed by atoms with E-state index in [9.17, 15) is 29.3 Å². The molecule has 0 aromatic heterocycles. The molecule has 6 rings (SSSR count). The zero-order valence-corrected chi connectivity index (χ0v) is 34.7. The average Bonchev–Trinajstić information content (AvgIpc) is 3.23. The van der Waals surface area contributed by atoms with E-state index < -0.39 is 4.92 Å². The number of carbonyl (C=O) groups excluding carboxylic acids is 4. The smallest absolute Gasteiger partial charge is 0.269 e. The number of rotatable bonds is 12. The van der Waals surface area contributed by atoms with Crippen molar-refractivity contribution in [3.05, 3.63) is 125 Å². The number of nitro benzene ring substituents is 1. The van der Waals surface area contributed by atoms with Crippen LogP contribution in [0.1, 0.15) is 111 Å². The number of nitrogens with two attached hydrogens (primary N) is 1. The second-order valence-electron chi connectivity index (χ2n) is 14.1. The van der Waals surface area contributed by atoms with Crippen LogP contribution in [0.2, 0.25) is 0 Å². The van der Waals surface area contributed by atoms with Gasteiger partial charge in [0.05, 0.1) is 4.92 Å². The van der Waals surface area contributed by atoms with Crippen molar-refractivity contribution in [1.29, 1.82) is 0 Å². The predicted molar refractivity (Wildman–Crippen MR) is 237 cm³/mol. The summed E-state index contributed by atoms with van der Waals surface area (Å²) in [5.41, 5.74) is 8.89. The van der Waals surface area contributed by atoms with E-state index in [1.165, 1.54) is 25.0 Å². The summed E-state index contributed by atoms with van der Waals surface area (Å²) in [6.45, 7) is 7.50. The molecule has 0 saturated carbocycles. The SMILES string of the molecule is CCCCCC(=O)Nc1ccccc1.CCCCCC(C)=O.Nc1ccccc1.O=C1CCCCN1c1ccc([N+](=O)[O-])cc1.O=C1CCCCN1c1ccccc1. The van der Waals surface area contributed by atoms with E-state index in [1.54, 1.807) is 24.0 Å². The number of ketones is 1. The number of hydrogen-bond acceptors (Lipinski definition) is 7. The van der Waals surface area contributed by atoms with E-state index in [-0.39, 0.29) is 23.4 Å². The summed E-state index contributed by atoms with van der Waals surface area (Å²) in [4.78, 5) is 58.4. The van der Waals surface area contributed by atoms with Crippen molar-refractivity contribution in [3.8, 4) is 0 Å². The summed E-state index contributed by atoms with van der Waals surface area (Å²) in [7, 11) is 0. The number of hydrogen-bond donors (Lipinski definition) is 2. The number of amides is 3. The van der Waals surface area contributed by atoms with Crippen molar-refractivity contribution in [3.63, 3.8) is 0 Å². The number of benzene rings is 4. The first kappa shape index (κ1) is 48.3. The van der Waals surface area contributed by atoms with Gasteiger partial charge < -0.3 is 25.6 Å². The molecular formula is C47H63N5O6. The van der Waals surface area contributed by atoms with Crippen molar-refractivity contribution >= 4 is 51.9 Å². The molecule has 11 heteroatoms. The molecule has 58 heavy (non-hydrogen) atoms. The largest absolute Gasteiger partial charge is 0.399 e. The number of carbonyl (C=O) groups is 4. The molecule has 0 aliphatic carbocycles. The van der Waals surface area contributed by atoms with Crippen LogP contribution in [0.3, 0.4) is 0 Å². The topological polar surface area (TPSA) is 156 Å². The lowest BCUT2D eigenvalue weighted by molar-refractivity contribution is -0.384. The molecule has 3 N–H and O–H groups in total. The second kappa shape index (κ2) is 29.4. The molecule has 3 amide bonds. The molecule has 2 heterocycles. The highest BCUT2D eigenvalue weighted by molar-refractivity contribution is 5.94. The quantitative estimate of drug-likeness (QED) is 0.0626. The Balaban J connectivity index is 0.000000258. The molecule has 0 atom stereocenters. The Labute approximate surface area is 345 Å². The molecule has 4 aromatic carbocycles. The lowest BCUT2D eigenvalue weighted by Crippen LogP contribution is -2.35. The van der Waals surface area contributed by atoms with Gasteiger partial charge in [0, 0.05) is 73.7 Å². The van der Waals surface area contributed by atoms with E-state index in [0.29, 0.717) is 31.6 Å². The summed E-state index contributed by atoms with van der Waals surface area (Å²) in [5.74, 6) is 0.792. The Bertz CT molecular complexity index is 1760. The third-order valence-electron chi connectivity index (χ3n) is 9.08. The van der Waals surface area contributed by atoms with Crippen LogP contribution in [-0.2, 0) is 19.2 Å². The van der Waals surface area contributed by atoms with Crippen molar-refractivity contribution < 1.29 is 24.1 Å². The van der Waals surface area contributed by atoms with Gasteiger partial charge in [-0.15, -0.1) is 0 Å². The maximum absolute atomic E-state index is 11.6. The number of piperidine rings is 2. The molecule has 312 valence electrons. The number of unbranched alkanes of at least 4 members (excludes halogenated alkanes) is 4. The molecule has 2 aliphatic heterocycles. The Morgan fingerprint density at radius 2 is 1.09 bits per heavy atom. The van der Waals surface area contributed by atoms with Crippen LogP contribution in [0.5, 0.6) is 0 Å². The Hall–Kier alpha value is -5.84. The number of nitrogen functional groups attached to an aromatic ring is 1. The number of anilines is 4. The van der Waals surface area contributed by atoms with Gasteiger partial charge in [-0.25, -0.2) is 0 Å². The van der Waals surface area contributed by atoms with Crippen molar-refractivity contribution in [2.45, 2.75) is 111 Å². The van der Waals surface area contributed by atoms with Gasteiger partial charge in [-0.2, -0.15) is 0 Å². The molecule has 0 unspecified atom stereocenters. The summed E-state index contributed by atoms with van der Waals surface area (Å²) >= 11 is 0. The minimum absolute atomic E-state index is 0.0493. The minimum atomic E-state index is -0.443. The van der Waals surface area contributed by atoms with Crippen molar-refractivity contribution in [2.75, 3.05) is 33.9 Å². The summed E-state index contributed by atoms with van der Waals surface area (Å²) in [6, 6.07) is 35.1. The lowest BCUT2D eigenvalue weighted by atomic mass is 10.1. The standard InChI is InChI=1S/C12H17NO.C11H12N2O3.C11H13NO.C7H14O.C6H7N/c1-2-3-5-10-12(14)13-11-8-6-4-7-9-11;14-11-3-1-2-8-12(11)9-4-6-10(7-5-9)13(15)16;13-11-8-4-5-9-12(11)10-6-2-1-3-7-10;1-3-4-5-6-7(2)8;7-6-4-2-1-3-5-6/h4,6-9H,2-3,5,10H2,1H3,(H,13,14);4-7H,1-3,8H2;1-3,6-7H,4-5,8-9H2;3-6H2,1-2H3;1-5H,7H2. The predicted octanol–water partition coefficient (Wildman–Crippen LogP) is 10.9. The summed E-state index contributed by atoms with van der Waals surface area (Å²) in [6.07, 6.45) is 13.5. The normalized spacial score (nSPS) is 13.1. The lowest BCUT2D eigenvalue weighted by Gasteiger charge is -2.26. The molecule has 2 aliphatic rings. The molecule has 0 bridgehead atoms. The average molecular weight is 794 g/mol. The first-order valence-electron chi connectivity index (χ1n) is 20.6. The zero-order valence-electron chi connectivity index (χ0n) is 34.7. The summed E-state index contributed by atoms with van der Waals surface area (Å²) < 4.78 is 0. The highest BCUT2D eigenvalue weighted by atomic mass is 16.6. The number of nitro groups is 1. The van der Waals surface area contributed by atoms with Gasteiger partial charge in [-0.1, -0.05) is 94.1 Å². The van der Waals surface area contributed by atoms with Gasteiger partial charge in [0.1, 0.15) is 5.78 Å². The molecule has 2 saturated heterocycles. The van der Waals surface area contributed by atoms with E-state index in [0.717, 1.165) is 87.1 Å². The molecule has 4 aromatic rings. The zero-order chi connectivity index (χ0) is 42.4. The first-order chi connectivity index (χ1) is 28.0. The maximum atomic E-state index is 11.6. The first-order valence-corrected chi connectivity index (χ1v) is 20.6. The maximum Gasteiger partial charge on any atom is 0.269 e. The molecule has 11 nitrogen and oxygen atoms in total. The fourth-order valence-electron chi connectivity index (χ4n) is 5.88.